The summed E-state index contributed by atoms with van der Waals surface area (Å²) in [6, 6.07) is -0.385. The Morgan fingerprint density at radius 2 is 2.13 bits per heavy atom. The number of nitrogens with one attached hydrogen (secondary N) is 1. The molecule has 15 heavy (non-hydrogen) atoms. The quantitative estimate of drug-likeness (QED) is 0.759. The van der Waals surface area contributed by atoms with Gasteiger partial charge in [-0.2, -0.15) is 13.2 Å². The Kier molecular flexibility index (Phi) is 6.91. The van der Waals surface area contributed by atoms with Crippen molar-refractivity contribution in [1.29, 1.82) is 0 Å². The lowest BCUT2D eigenvalue weighted by molar-refractivity contribution is -0.154. The fourth-order valence-corrected chi connectivity index (χ4v) is 1.54. The van der Waals surface area contributed by atoms with Gasteiger partial charge < -0.3 is 10.1 Å². The van der Waals surface area contributed by atoms with Gasteiger partial charge in [-0.3, -0.25) is 4.79 Å². The molecular formula is C8H13BrF3NO2. The van der Waals surface area contributed by atoms with Gasteiger partial charge in [-0.25, -0.2) is 0 Å². The molecule has 0 aliphatic rings. The van der Waals surface area contributed by atoms with Gasteiger partial charge in [0.25, 0.3) is 0 Å². The molecule has 1 unspecified atom stereocenters. The third-order valence-electron chi connectivity index (χ3n) is 1.55. The standard InChI is InChI=1S/C8H13BrF3NO2/c1-15-5-6(2-3-9)13-7(14)4-8(10,11)12/h6H,2-5H2,1H3,(H,13,14). The highest BCUT2D eigenvalue weighted by atomic mass is 79.9. The summed E-state index contributed by atoms with van der Waals surface area (Å²) in [5, 5.41) is 2.85. The van der Waals surface area contributed by atoms with E-state index >= 15 is 0 Å². The number of carbonyl (C=O) groups excluding carboxylic acids is 1. The van der Waals surface area contributed by atoms with E-state index < -0.39 is 18.5 Å². The largest absolute Gasteiger partial charge is 0.397 e. The Hall–Kier alpha value is -0.300. The molecule has 1 amide bonds. The van der Waals surface area contributed by atoms with Gasteiger partial charge in [0.15, 0.2) is 0 Å². The first kappa shape index (κ1) is 14.7. The second-order valence-corrected chi connectivity index (χ2v) is 3.78. The fraction of sp³-hybridized carbons (Fsp3) is 0.875. The summed E-state index contributed by atoms with van der Waals surface area (Å²) >= 11 is 3.14. The SMILES string of the molecule is COCC(CCBr)NC(=O)CC(F)(F)F. The van der Waals surface area contributed by atoms with Gasteiger partial charge in [0, 0.05) is 12.4 Å². The van der Waals surface area contributed by atoms with Crippen LogP contribution in [-0.4, -0.2) is 37.2 Å². The number of alkyl halides is 4. The van der Waals surface area contributed by atoms with Crippen molar-refractivity contribution in [2.75, 3.05) is 19.0 Å². The molecule has 0 aromatic rings. The average molecular weight is 292 g/mol. The Labute approximate surface area is 94.5 Å². The van der Waals surface area contributed by atoms with Crippen molar-refractivity contribution in [2.45, 2.75) is 25.1 Å². The molecule has 0 bridgehead atoms. The van der Waals surface area contributed by atoms with E-state index in [0.717, 1.165) is 0 Å². The van der Waals surface area contributed by atoms with E-state index in [9.17, 15) is 18.0 Å². The Bertz CT molecular complexity index is 193. The summed E-state index contributed by atoms with van der Waals surface area (Å²) < 4.78 is 40.3. The first-order valence-electron chi connectivity index (χ1n) is 4.30. The molecule has 7 heteroatoms. The highest BCUT2D eigenvalue weighted by Gasteiger charge is 2.31. The zero-order valence-corrected chi connectivity index (χ0v) is 9.82. The second kappa shape index (κ2) is 7.05. The molecule has 1 atom stereocenters. The van der Waals surface area contributed by atoms with Gasteiger partial charge in [-0.15, -0.1) is 0 Å². The second-order valence-electron chi connectivity index (χ2n) is 2.99. The van der Waals surface area contributed by atoms with Crippen LogP contribution >= 0.6 is 15.9 Å². The Morgan fingerprint density at radius 3 is 2.53 bits per heavy atom. The van der Waals surface area contributed by atoms with Gasteiger partial charge in [0.1, 0.15) is 6.42 Å². The molecule has 0 spiro atoms. The number of hydrogen-bond donors (Lipinski definition) is 1. The van der Waals surface area contributed by atoms with Gasteiger partial charge in [-0.05, 0) is 6.42 Å². The van der Waals surface area contributed by atoms with Crippen LogP contribution < -0.4 is 5.32 Å². The lowest BCUT2D eigenvalue weighted by Crippen LogP contribution is -2.40. The summed E-state index contributed by atoms with van der Waals surface area (Å²) in [5.74, 6) is -1.02. The fourth-order valence-electron chi connectivity index (χ4n) is 0.991. The smallest absolute Gasteiger partial charge is 0.383 e. The van der Waals surface area contributed by atoms with E-state index in [2.05, 4.69) is 21.2 Å². The topological polar surface area (TPSA) is 38.3 Å². The molecule has 0 fully saturated rings. The van der Waals surface area contributed by atoms with Gasteiger partial charge >= 0.3 is 6.18 Å². The third-order valence-corrected chi connectivity index (χ3v) is 2.01. The summed E-state index contributed by atoms with van der Waals surface area (Å²) in [4.78, 5) is 10.9. The number of methoxy groups -OCH3 is 1. The van der Waals surface area contributed by atoms with Crippen LogP contribution in [0.1, 0.15) is 12.8 Å². The molecule has 0 rings (SSSR count). The average Bonchev–Trinajstić information content (AvgIpc) is 2.00. The van der Waals surface area contributed by atoms with E-state index in [1.54, 1.807) is 0 Å². The maximum absolute atomic E-state index is 11.8. The van der Waals surface area contributed by atoms with Crippen LogP contribution in [-0.2, 0) is 9.53 Å². The zero-order valence-electron chi connectivity index (χ0n) is 8.23. The maximum atomic E-state index is 11.8. The predicted octanol–water partition coefficient (Wildman–Crippen LogP) is 1.86. The minimum Gasteiger partial charge on any atom is -0.383 e. The molecule has 0 heterocycles. The molecule has 0 aromatic carbocycles. The molecule has 0 saturated heterocycles. The van der Waals surface area contributed by atoms with E-state index in [0.29, 0.717) is 11.8 Å². The van der Waals surface area contributed by atoms with Crippen LogP contribution in [0.25, 0.3) is 0 Å². The van der Waals surface area contributed by atoms with E-state index in [4.69, 9.17) is 4.74 Å². The Balaban J connectivity index is 3.99. The lowest BCUT2D eigenvalue weighted by Gasteiger charge is -2.17. The molecular weight excluding hydrogens is 279 g/mol. The highest BCUT2D eigenvalue weighted by Crippen LogP contribution is 2.19. The zero-order chi connectivity index (χ0) is 11.9. The molecule has 90 valence electrons. The molecule has 3 nitrogen and oxygen atoms in total. The van der Waals surface area contributed by atoms with E-state index in [1.165, 1.54) is 7.11 Å². The monoisotopic (exact) mass is 291 g/mol. The molecule has 0 aliphatic heterocycles. The number of ether oxygens (including phenoxy) is 1. The molecule has 0 aliphatic carbocycles. The minimum atomic E-state index is -4.46. The van der Waals surface area contributed by atoms with Crippen LogP contribution in [0.3, 0.4) is 0 Å². The first-order valence-corrected chi connectivity index (χ1v) is 5.42. The van der Waals surface area contributed by atoms with Crippen LogP contribution in [0, 0.1) is 0 Å². The van der Waals surface area contributed by atoms with Gasteiger partial charge in [0.2, 0.25) is 5.91 Å². The van der Waals surface area contributed by atoms with Crippen LogP contribution in [0.2, 0.25) is 0 Å². The summed E-state index contributed by atoms with van der Waals surface area (Å²) in [6.07, 6.45) is -5.39. The summed E-state index contributed by atoms with van der Waals surface area (Å²) in [7, 11) is 1.43. The minimum absolute atomic E-state index is 0.204. The van der Waals surface area contributed by atoms with E-state index in [-0.39, 0.29) is 12.6 Å². The Morgan fingerprint density at radius 1 is 1.53 bits per heavy atom. The van der Waals surface area contributed by atoms with Crippen molar-refractivity contribution in [3.63, 3.8) is 0 Å². The number of halogens is 4. The first-order chi connectivity index (χ1) is 6.89. The van der Waals surface area contributed by atoms with Gasteiger partial charge in [-0.1, -0.05) is 15.9 Å². The van der Waals surface area contributed by atoms with Crippen LogP contribution in [0.5, 0.6) is 0 Å². The highest BCUT2D eigenvalue weighted by molar-refractivity contribution is 9.09. The number of hydrogen-bond acceptors (Lipinski definition) is 2. The summed E-state index contributed by atoms with van der Waals surface area (Å²) in [5.41, 5.74) is 0. The molecule has 0 radical (unpaired) electrons. The summed E-state index contributed by atoms with van der Waals surface area (Å²) in [6.45, 7) is 0.204. The maximum Gasteiger partial charge on any atom is 0.397 e. The molecule has 1 N–H and O–H groups in total. The number of rotatable bonds is 6. The van der Waals surface area contributed by atoms with Crippen molar-refractivity contribution in [2.24, 2.45) is 0 Å². The predicted molar refractivity (Wildman–Crippen MR) is 52.9 cm³/mol. The van der Waals surface area contributed by atoms with Gasteiger partial charge in [0.05, 0.1) is 12.6 Å². The number of amides is 1. The molecule has 0 saturated carbocycles. The van der Waals surface area contributed by atoms with Crippen molar-refractivity contribution < 1.29 is 22.7 Å². The number of carbonyl (C=O) groups is 1. The van der Waals surface area contributed by atoms with Crippen LogP contribution in [0.15, 0.2) is 0 Å². The lowest BCUT2D eigenvalue weighted by atomic mass is 10.2. The normalized spacial score (nSPS) is 13.7. The van der Waals surface area contributed by atoms with Crippen molar-refractivity contribution >= 4 is 21.8 Å². The van der Waals surface area contributed by atoms with Crippen LogP contribution in [0.4, 0.5) is 13.2 Å². The van der Waals surface area contributed by atoms with Crippen molar-refractivity contribution in [3.8, 4) is 0 Å². The van der Waals surface area contributed by atoms with Crippen molar-refractivity contribution in [1.82, 2.24) is 5.32 Å². The van der Waals surface area contributed by atoms with Crippen molar-refractivity contribution in [3.05, 3.63) is 0 Å². The third kappa shape index (κ3) is 8.68. The van der Waals surface area contributed by atoms with E-state index in [1.807, 2.05) is 0 Å². The molecule has 0 aromatic heterocycles.